The van der Waals surface area contributed by atoms with E-state index in [0.717, 1.165) is 27.9 Å². The molecule has 11 heteroatoms. The molecule has 2 amide bonds. The smallest absolute Gasteiger partial charge is 0.319 e. The topological polar surface area (TPSA) is 123 Å². The minimum Gasteiger partial charge on any atom is -0.392 e. The van der Waals surface area contributed by atoms with Gasteiger partial charge in [0.1, 0.15) is 0 Å². The van der Waals surface area contributed by atoms with Gasteiger partial charge in [0.25, 0.3) is 0 Å². The molecule has 4 aromatic carbocycles. The summed E-state index contributed by atoms with van der Waals surface area (Å²) in [5, 5.41) is 28.3. The highest BCUT2D eigenvalue weighted by Crippen LogP contribution is 2.43. The van der Waals surface area contributed by atoms with Crippen molar-refractivity contribution in [2.75, 3.05) is 11.1 Å². The number of para-hydroxylation sites is 1. The molecule has 0 aliphatic carbocycles. The standard InChI is InChI=1S/C34H34N6O4S/c1-23-30(22-45-34-37-38-39-40(34)29-10-6-3-7-11-29)43-32(44-31(23)26-14-12-25(21-41)13-15-26)27-16-18-28(19-17-27)36-33(42)35-20-24-8-4-2-5-9-24/h2-19,23,30-32,41H,20-22H2,1H3,(H2,35,36,42)/t23-,30+,31+,32+/m1/s1. The van der Waals surface area contributed by atoms with Crippen LogP contribution in [0.3, 0.4) is 0 Å². The number of benzene rings is 4. The van der Waals surface area contributed by atoms with Crippen LogP contribution in [0.25, 0.3) is 5.69 Å². The number of urea groups is 1. The first-order valence-corrected chi connectivity index (χ1v) is 15.7. The number of nitrogens with zero attached hydrogens (tertiary/aromatic N) is 4. The van der Waals surface area contributed by atoms with Crippen LogP contribution in [-0.2, 0) is 22.6 Å². The van der Waals surface area contributed by atoms with Crippen LogP contribution in [0.2, 0.25) is 0 Å². The molecule has 1 aromatic heterocycles. The molecule has 6 rings (SSSR count). The maximum absolute atomic E-state index is 12.5. The van der Waals surface area contributed by atoms with Gasteiger partial charge in [-0.25, -0.2) is 4.79 Å². The number of hydrogen-bond donors (Lipinski definition) is 3. The molecule has 5 aromatic rings. The third-order valence-electron chi connectivity index (χ3n) is 7.68. The average Bonchev–Trinajstić information content (AvgIpc) is 3.57. The van der Waals surface area contributed by atoms with Crippen LogP contribution in [0, 0.1) is 5.92 Å². The van der Waals surface area contributed by atoms with E-state index in [0.29, 0.717) is 23.1 Å². The summed E-state index contributed by atoms with van der Waals surface area (Å²) in [4.78, 5) is 12.5. The lowest BCUT2D eigenvalue weighted by Gasteiger charge is -2.41. The number of amides is 2. The number of nitrogens with one attached hydrogen (secondary N) is 2. The van der Waals surface area contributed by atoms with Crippen molar-refractivity contribution in [1.82, 2.24) is 25.5 Å². The van der Waals surface area contributed by atoms with Crippen molar-refractivity contribution >= 4 is 23.5 Å². The Labute approximate surface area is 265 Å². The first-order chi connectivity index (χ1) is 22.1. The van der Waals surface area contributed by atoms with Gasteiger partial charge in [-0.2, -0.15) is 4.68 Å². The van der Waals surface area contributed by atoms with Gasteiger partial charge in [0, 0.05) is 29.5 Å². The molecular weight excluding hydrogens is 588 g/mol. The van der Waals surface area contributed by atoms with E-state index in [-0.39, 0.29) is 30.8 Å². The van der Waals surface area contributed by atoms with Gasteiger partial charge in [-0.05, 0) is 51.4 Å². The number of tetrazole rings is 1. The highest BCUT2D eigenvalue weighted by atomic mass is 32.2. The monoisotopic (exact) mass is 622 g/mol. The normalized spacial score (nSPS) is 19.6. The first kappa shape index (κ1) is 30.5. The zero-order valence-corrected chi connectivity index (χ0v) is 25.5. The lowest BCUT2D eigenvalue weighted by Crippen LogP contribution is -2.38. The summed E-state index contributed by atoms with van der Waals surface area (Å²) in [7, 11) is 0. The van der Waals surface area contributed by atoms with Crippen molar-refractivity contribution in [3.05, 3.63) is 131 Å². The molecule has 45 heavy (non-hydrogen) atoms. The number of rotatable bonds is 10. The van der Waals surface area contributed by atoms with Crippen LogP contribution in [0.15, 0.2) is 114 Å². The summed E-state index contributed by atoms with van der Waals surface area (Å²) >= 11 is 1.53. The van der Waals surface area contributed by atoms with Gasteiger partial charge in [-0.3, -0.25) is 0 Å². The second kappa shape index (κ2) is 14.5. The number of thioether (sulfide) groups is 1. The fourth-order valence-electron chi connectivity index (χ4n) is 5.14. The lowest BCUT2D eigenvalue weighted by molar-refractivity contribution is -0.268. The fourth-order valence-corrected chi connectivity index (χ4v) is 6.20. The van der Waals surface area contributed by atoms with Gasteiger partial charge in [0.15, 0.2) is 6.29 Å². The van der Waals surface area contributed by atoms with Gasteiger partial charge in [-0.15, -0.1) is 5.10 Å². The maximum Gasteiger partial charge on any atom is 0.319 e. The van der Waals surface area contributed by atoms with E-state index in [2.05, 4.69) is 33.1 Å². The van der Waals surface area contributed by atoms with Crippen LogP contribution in [0.4, 0.5) is 10.5 Å². The molecular formula is C34H34N6O4S. The number of hydrogen-bond acceptors (Lipinski definition) is 8. The zero-order valence-electron chi connectivity index (χ0n) is 24.7. The second-order valence-electron chi connectivity index (χ2n) is 10.8. The Kier molecular flexibility index (Phi) is 9.81. The molecule has 0 saturated carbocycles. The number of aromatic nitrogens is 4. The van der Waals surface area contributed by atoms with Gasteiger partial charge in [-0.1, -0.05) is 104 Å². The Bertz CT molecular complexity index is 1670. The van der Waals surface area contributed by atoms with E-state index in [4.69, 9.17) is 9.47 Å². The Hall–Kier alpha value is -4.55. The van der Waals surface area contributed by atoms with Crippen molar-refractivity contribution in [3.63, 3.8) is 0 Å². The van der Waals surface area contributed by atoms with Crippen molar-refractivity contribution in [2.45, 2.75) is 43.7 Å². The van der Waals surface area contributed by atoms with E-state index in [1.165, 1.54) is 11.8 Å². The Morgan fingerprint density at radius 2 is 1.56 bits per heavy atom. The zero-order chi connectivity index (χ0) is 31.0. The van der Waals surface area contributed by atoms with Gasteiger partial charge >= 0.3 is 6.03 Å². The van der Waals surface area contributed by atoms with Crippen molar-refractivity contribution < 1.29 is 19.4 Å². The van der Waals surface area contributed by atoms with Crippen molar-refractivity contribution in [1.29, 1.82) is 0 Å². The average molecular weight is 623 g/mol. The van der Waals surface area contributed by atoms with Crippen LogP contribution in [0.5, 0.6) is 0 Å². The molecule has 10 nitrogen and oxygen atoms in total. The number of anilines is 1. The highest BCUT2D eigenvalue weighted by Gasteiger charge is 2.38. The molecule has 0 radical (unpaired) electrons. The van der Waals surface area contributed by atoms with Crippen LogP contribution >= 0.6 is 11.8 Å². The molecule has 1 saturated heterocycles. The van der Waals surface area contributed by atoms with Crippen molar-refractivity contribution in [2.24, 2.45) is 5.92 Å². The van der Waals surface area contributed by atoms with E-state index < -0.39 is 6.29 Å². The largest absolute Gasteiger partial charge is 0.392 e. The Morgan fingerprint density at radius 1 is 0.867 bits per heavy atom. The molecule has 230 valence electrons. The number of ether oxygens (including phenoxy) is 2. The maximum atomic E-state index is 12.5. The number of carbonyl (C=O) groups is 1. The SMILES string of the molecule is C[C@@H]1[C@H](CSc2nnnn2-c2ccccc2)O[C@H](c2ccc(NC(=O)NCc3ccccc3)cc2)O[C@@H]1c1ccc(CO)cc1. The third kappa shape index (κ3) is 7.58. The van der Waals surface area contributed by atoms with E-state index in [1.54, 1.807) is 4.68 Å². The fraction of sp³-hybridized carbons (Fsp3) is 0.235. The van der Waals surface area contributed by atoms with Crippen LogP contribution < -0.4 is 10.6 Å². The minimum atomic E-state index is -0.639. The van der Waals surface area contributed by atoms with Gasteiger partial charge in [0.2, 0.25) is 5.16 Å². The molecule has 3 N–H and O–H groups in total. The van der Waals surface area contributed by atoms with Gasteiger partial charge < -0.3 is 25.2 Å². The Morgan fingerprint density at radius 3 is 2.27 bits per heavy atom. The Balaban J connectivity index is 1.16. The van der Waals surface area contributed by atoms with Gasteiger partial charge in [0.05, 0.1) is 24.5 Å². The van der Waals surface area contributed by atoms with Crippen LogP contribution in [0.1, 0.15) is 41.6 Å². The summed E-state index contributed by atoms with van der Waals surface area (Å²) in [6, 6.07) is 34.5. The van der Waals surface area contributed by atoms with Crippen molar-refractivity contribution in [3.8, 4) is 5.69 Å². The minimum absolute atomic E-state index is 0.00373. The van der Waals surface area contributed by atoms with Crippen LogP contribution in [-0.4, -0.2) is 43.2 Å². The lowest BCUT2D eigenvalue weighted by atomic mass is 9.91. The molecule has 0 unspecified atom stereocenters. The predicted molar refractivity (Wildman–Crippen MR) is 172 cm³/mol. The second-order valence-corrected chi connectivity index (χ2v) is 11.7. The third-order valence-corrected chi connectivity index (χ3v) is 8.69. The summed E-state index contributed by atoms with van der Waals surface area (Å²) in [5.41, 5.74) is 5.24. The molecule has 1 aliphatic rings. The quantitative estimate of drug-likeness (QED) is 0.161. The summed E-state index contributed by atoms with van der Waals surface area (Å²) < 4.78 is 14.9. The van der Waals surface area contributed by atoms with E-state index in [1.807, 2.05) is 109 Å². The summed E-state index contributed by atoms with van der Waals surface area (Å²) in [6.07, 6.45) is -1.09. The highest BCUT2D eigenvalue weighted by molar-refractivity contribution is 7.99. The number of aliphatic hydroxyl groups excluding tert-OH is 1. The first-order valence-electron chi connectivity index (χ1n) is 14.7. The molecule has 2 heterocycles. The summed E-state index contributed by atoms with van der Waals surface area (Å²) in [6.45, 7) is 2.53. The predicted octanol–water partition coefficient (Wildman–Crippen LogP) is 6.06. The summed E-state index contributed by atoms with van der Waals surface area (Å²) in [5.74, 6) is 0.602. The molecule has 0 bridgehead atoms. The molecule has 1 aliphatic heterocycles. The molecule has 1 fully saturated rings. The number of carbonyl (C=O) groups excluding carboxylic acids is 1. The number of aliphatic hydroxyl groups is 1. The van der Waals surface area contributed by atoms with E-state index >= 15 is 0 Å². The molecule has 4 atom stereocenters. The molecule has 0 spiro atoms. The van der Waals surface area contributed by atoms with E-state index in [9.17, 15) is 9.90 Å².